The Morgan fingerprint density at radius 2 is 0.537 bits per heavy atom. The molecule has 0 amide bonds. The molecule has 0 aliphatic heterocycles. The third-order valence-corrected chi connectivity index (χ3v) is 9.61. The molecule has 0 fully saturated rings. The number of hydrogen-bond acceptors (Lipinski definition) is 4. The van der Waals surface area contributed by atoms with Gasteiger partial charge in [-0.15, -0.1) is 0 Å². The molecule has 4 heteroatoms. The molecule has 54 heavy (non-hydrogen) atoms. The number of rotatable bonds is 8. The lowest BCUT2D eigenvalue weighted by molar-refractivity contribution is 1.07. The summed E-state index contributed by atoms with van der Waals surface area (Å²) < 4.78 is 0. The summed E-state index contributed by atoms with van der Waals surface area (Å²) in [7, 11) is 0. The zero-order valence-corrected chi connectivity index (χ0v) is 29.4. The van der Waals surface area contributed by atoms with Crippen LogP contribution in [0.15, 0.2) is 206 Å². The van der Waals surface area contributed by atoms with Crippen molar-refractivity contribution in [3.8, 4) is 89.9 Å². The van der Waals surface area contributed by atoms with E-state index < -0.39 is 0 Å². The SMILES string of the molecule is c1ccc(-c2ccc(-c3nc(-c4ccc(-c5ccccc5)cc4)nc(-c4cc(-c5ccccc5)cc(-c5ccc(-c6ccccn6)cc5)c4)n3)cc2)cc1. The van der Waals surface area contributed by atoms with E-state index in [1.807, 2.05) is 42.6 Å². The summed E-state index contributed by atoms with van der Waals surface area (Å²) in [6.07, 6.45) is 1.82. The van der Waals surface area contributed by atoms with Gasteiger partial charge >= 0.3 is 0 Å². The number of pyridine rings is 1. The highest BCUT2D eigenvalue weighted by Crippen LogP contribution is 2.35. The van der Waals surface area contributed by atoms with Crippen LogP contribution >= 0.6 is 0 Å². The van der Waals surface area contributed by atoms with Gasteiger partial charge in [-0.25, -0.2) is 15.0 Å². The minimum absolute atomic E-state index is 0.610. The molecule has 254 valence electrons. The fourth-order valence-corrected chi connectivity index (χ4v) is 6.74. The van der Waals surface area contributed by atoms with E-state index in [4.69, 9.17) is 15.0 Å². The summed E-state index contributed by atoms with van der Waals surface area (Å²) in [5.74, 6) is 1.85. The van der Waals surface area contributed by atoms with Crippen LogP contribution in [0.5, 0.6) is 0 Å². The molecule has 0 aliphatic rings. The maximum absolute atomic E-state index is 5.16. The second-order valence-corrected chi connectivity index (χ2v) is 13.2. The minimum Gasteiger partial charge on any atom is -0.256 e. The molecule has 0 atom stereocenters. The van der Waals surface area contributed by atoms with Crippen LogP contribution in [-0.4, -0.2) is 19.9 Å². The van der Waals surface area contributed by atoms with E-state index in [1.165, 1.54) is 0 Å². The van der Waals surface area contributed by atoms with Crippen LogP contribution in [0, 0.1) is 0 Å². The van der Waals surface area contributed by atoms with Gasteiger partial charge in [0.05, 0.1) is 5.69 Å². The van der Waals surface area contributed by atoms with E-state index in [0.29, 0.717) is 17.5 Å². The van der Waals surface area contributed by atoms with Crippen molar-refractivity contribution in [2.24, 2.45) is 0 Å². The topological polar surface area (TPSA) is 51.6 Å². The van der Waals surface area contributed by atoms with Crippen LogP contribution in [0.1, 0.15) is 0 Å². The van der Waals surface area contributed by atoms with Crippen molar-refractivity contribution >= 4 is 0 Å². The Kier molecular flexibility index (Phi) is 8.90. The molecule has 9 rings (SSSR count). The molecule has 0 saturated heterocycles. The lowest BCUT2D eigenvalue weighted by Crippen LogP contribution is -2.00. The van der Waals surface area contributed by atoms with Crippen molar-refractivity contribution in [1.82, 2.24) is 19.9 Å². The molecule has 4 nitrogen and oxygen atoms in total. The predicted octanol–water partition coefficient (Wildman–Crippen LogP) is 12.6. The first-order chi connectivity index (χ1) is 26.7. The van der Waals surface area contributed by atoms with Gasteiger partial charge in [0.15, 0.2) is 17.5 Å². The standard InChI is InChI=1S/C50H34N4/c1-4-12-35(13-5-1)38-21-27-42(28-22-38)48-52-49(43-29-23-39(24-30-43)36-14-6-2-7-15-36)54-50(53-48)46-33-44(37-16-8-3-9-17-37)32-45(34-46)40-19-25-41(26-20-40)47-18-10-11-31-51-47/h1-34H. The Hall–Kier alpha value is -7.30. The lowest BCUT2D eigenvalue weighted by Gasteiger charge is -2.13. The highest BCUT2D eigenvalue weighted by molar-refractivity contribution is 5.81. The number of nitrogens with zero attached hydrogens (tertiary/aromatic N) is 4. The molecule has 0 aliphatic carbocycles. The second kappa shape index (κ2) is 14.7. The van der Waals surface area contributed by atoms with Crippen LogP contribution in [0.4, 0.5) is 0 Å². The Balaban J connectivity index is 1.17. The van der Waals surface area contributed by atoms with Crippen LogP contribution < -0.4 is 0 Å². The van der Waals surface area contributed by atoms with Crippen LogP contribution in [0.3, 0.4) is 0 Å². The molecule has 0 N–H and O–H groups in total. The molecule has 0 unspecified atom stereocenters. The van der Waals surface area contributed by atoms with E-state index >= 15 is 0 Å². The first-order valence-corrected chi connectivity index (χ1v) is 18.0. The van der Waals surface area contributed by atoms with Gasteiger partial charge in [-0.2, -0.15) is 0 Å². The van der Waals surface area contributed by atoms with Gasteiger partial charge in [-0.3, -0.25) is 4.98 Å². The highest BCUT2D eigenvalue weighted by atomic mass is 15.0. The van der Waals surface area contributed by atoms with Crippen LogP contribution in [0.2, 0.25) is 0 Å². The summed E-state index contributed by atoms with van der Waals surface area (Å²) in [4.78, 5) is 19.9. The molecule has 2 heterocycles. The summed E-state index contributed by atoms with van der Waals surface area (Å²) >= 11 is 0. The molecule has 7 aromatic carbocycles. The average Bonchev–Trinajstić information content (AvgIpc) is 3.27. The summed E-state index contributed by atoms with van der Waals surface area (Å²) in [6, 6.07) is 69.3. The van der Waals surface area contributed by atoms with Crippen molar-refractivity contribution in [2.75, 3.05) is 0 Å². The second-order valence-electron chi connectivity index (χ2n) is 13.2. The maximum atomic E-state index is 5.16. The number of hydrogen-bond donors (Lipinski definition) is 0. The first-order valence-electron chi connectivity index (χ1n) is 18.0. The Morgan fingerprint density at radius 1 is 0.222 bits per heavy atom. The predicted molar refractivity (Wildman–Crippen MR) is 221 cm³/mol. The third-order valence-electron chi connectivity index (χ3n) is 9.61. The maximum Gasteiger partial charge on any atom is 0.164 e. The van der Waals surface area contributed by atoms with Crippen molar-refractivity contribution in [1.29, 1.82) is 0 Å². The van der Waals surface area contributed by atoms with E-state index in [-0.39, 0.29) is 0 Å². The van der Waals surface area contributed by atoms with Gasteiger partial charge in [0.2, 0.25) is 0 Å². The summed E-state index contributed by atoms with van der Waals surface area (Å²) in [5.41, 5.74) is 13.7. The van der Waals surface area contributed by atoms with Crippen molar-refractivity contribution in [3.63, 3.8) is 0 Å². The van der Waals surface area contributed by atoms with E-state index in [9.17, 15) is 0 Å². The van der Waals surface area contributed by atoms with Crippen LogP contribution in [-0.2, 0) is 0 Å². The summed E-state index contributed by atoms with van der Waals surface area (Å²) in [5, 5.41) is 0. The van der Waals surface area contributed by atoms with E-state index in [1.54, 1.807) is 0 Å². The monoisotopic (exact) mass is 690 g/mol. The molecule has 0 bridgehead atoms. The largest absolute Gasteiger partial charge is 0.256 e. The molecule has 2 aromatic heterocycles. The van der Waals surface area contributed by atoms with Gasteiger partial charge in [-0.05, 0) is 74.8 Å². The summed E-state index contributed by atoms with van der Waals surface area (Å²) in [6.45, 7) is 0. The normalized spacial score (nSPS) is 11.0. The zero-order valence-electron chi connectivity index (χ0n) is 29.4. The highest BCUT2D eigenvalue weighted by Gasteiger charge is 2.16. The van der Waals surface area contributed by atoms with Gasteiger partial charge < -0.3 is 0 Å². The molecule has 0 radical (unpaired) electrons. The van der Waals surface area contributed by atoms with Gasteiger partial charge in [-0.1, -0.05) is 170 Å². The quantitative estimate of drug-likeness (QED) is 0.159. The van der Waals surface area contributed by atoms with Crippen molar-refractivity contribution in [3.05, 3.63) is 206 Å². The number of aromatic nitrogens is 4. The fraction of sp³-hybridized carbons (Fsp3) is 0. The van der Waals surface area contributed by atoms with Crippen molar-refractivity contribution < 1.29 is 0 Å². The zero-order chi connectivity index (χ0) is 36.1. The van der Waals surface area contributed by atoms with Crippen molar-refractivity contribution in [2.45, 2.75) is 0 Å². The van der Waals surface area contributed by atoms with E-state index in [2.05, 4.69) is 169 Å². The fourth-order valence-electron chi connectivity index (χ4n) is 6.74. The molecular weight excluding hydrogens is 657 g/mol. The minimum atomic E-state index is 0.610. The van der Waals surface area contributed by atoms with Gasteiger partial charge in [0.25, 0.3) is 0 Å². The van der Waals surface area contributed by atoms with Crippen LogP contribution in [0.25, 0.3) is 89.9 Å². The molecule has 9 aromatic rings. The Labute approximate surface area is 315 Å². The lowest BCUT2D eigenvalue weighted by atomic mass is 9.95. The number of benzene rings is 7. The molecule has 0 spiro atoms. The van der Waals surface area contributed by atoms with Gasteiger partial charge in [0.1, 0.15) is 0 Å². The van der Waals surface area contributed by atoms with Gasteiger partial charge in [0, 0.05) is 28.5 Å². The van der Waals surface area contributed by atoms with E-state index in [0.717, 1.165) is 72.5 Å². The Morgan fingerprint density at radius 3 is 0.963 bits per heavy atom. The first kappa shape index (κ1) is 32.6. The average molecular weight is 691 g/mol. The Bertz CT molecular complexity index is 2540. The smallest absolute Gasteiger partial charge is 0.164 e. The third kappa shape index (κ3) is 6.97. The molecule has 0 saturated carbocycles. The molecular formula is C50H34N4.